The minimum atomic E-state index is -0.0388. The molecule has 0 amide bonds. The smallest absolute Gasteiger partial charge is 0.310 e. The molecule has 0 aromatic heterocycles. The first-order valence-electron chi connectivity index (χ1n) is 4.08. The Labute approximate surface area is 66.1 Å². The van der Waals surface area contributed by atoms with E-state index < -0.39 is 0 Å². The molecule has 3 nitrogen and oxygen atoms in total. The molecule has 0 radical (unpaired) electrons. The van der Waals surface area contributed by atoms with Gasteiger partial charge in [0.2, 0.25) is 0 Å². The van der Waals surface area contributed by atoms with Gasteiger partial charge in [0.05, 0.1) is 13.0 Å². The predicted molar refractivity (Wildman–Crippen MR) is 40.0 cm³/mol. The lowest BCUT2D eigenvalue weighted by molar-refractivity contribution is -0.150. The van der Waals surface area contributed by atoms with E-state index in [1.54, 1.807) is 0 Å². The second-order valence-corrected chi connectivity index (χ2v) is 3.51. The first-order chi connectivity index (χ1) is 5.24. The lowest BCUT2D eigenvalue weighted by Crippen LogP contribution is -2.42. The summed E-state index contributed by atoms with van der Waals surface area (Å²) in [7, 11) is 1.46. The van der Waals surface area contributed by atoms with Gasteiger partial charge in [0.15, 0.2) is 0 Å². The molecule has 62 valence electrons. The third kappa shape index (κ3) is 0.805. The predicted octanol–water partition coefficient (Wildman–Crippen LogP) is 0.156. The van der Waals surface area contributed by atoms with E-state index in [2.05, 4.69) is 12.2 Å². The van der Waals surface area contributed by atoms with Gasteiger partial charge in [-0.15, -0.1) is 0 Å². The average Bonchev–Trinajstić information content (AvgIpc) is 2.43. The van der Waals surface area contributed by atoms with Crippen molar-refractivity contribution in [3.05, 3.63) is 0 Å². The van der Waals surface area contributed by atoms with Gasteiger partial charge in [-0.2, -0.15) is 0 Å². The van der Waals surface area contributed by atoms with Crippen LogP contribution in [0.5, 0.6) is 0 Å². The summed E-state index contributed by atoms with van der Waals surface area (Å²) in [4.78, 5) is 11.1. The van der Waals surface area contributed by atoms with E-state index in [1.165, 1.54) is 7.11 Å². The van der Waals surface area contributed by atoms with Gasteiger partial charge in [0.25, 0.3) is 0 Å². The Balaban J connectivity index is 2.05. The van der Waals surface area contributed by atoms with Gasteiger partial charge in [-0.3, -0.25) is 4.79 Å². The van der Waals surface area contributed by atoms with Gasteiger partial charge in [-0.1, -0.05) is 0 Å². The molecular weight excluding hydrogens is 142 g/mol. The standard InChI is InChI=1S/C8H13NO2/c1-4-5-3-6(9-4)7(5)8(10)11-2/h4-7,9H,3H2,1-2H3. The monoisotopic (exact) mass is 155 g/mol. The molecule has 0 aromatic rings. The van der Waals surface area contributed by atoms with Crippen LogP contribution in [0.3, 0.4) is 0 Å². The van der Waals surface area contributed by atoms with Crippen LogP contribution >= 0.6 is 0 Å². The zero-order valence-electron chi connectivity index (χ0n) is 6.83. The molecule has 2 heterocycles. The number of rotatable bonds is 1. The maximum absolute atomic E-state index is 11.1. The van der Waals surface area contributed by atoms with Crippen molar-refractivity contribution in [3.63, 3.8) is 0 Å². The van der Waals surface area contributed by atoms with Crippen LogP contribution in [-0.4, -0.2) is 25.2 Å². The van der Waals surface area contributed by atoms with Crippen LogP contribution in [0.1, 0.15) is 13.3 Å². The molecule has 3 aliphatic rings. The summed E-state index contributed by atoms with van der Waals surface area (Å²) in [6, 6.07) is 0.909. The minimum absolute atomic E-state index is 0.0388. The molecule has 0 aromatic carbocycles. The molecule has 0 spiro atoms. The van der Waals surface area contributed by atoms with Crippen LogP contribution in [-0.2, 0) is 9.53 Å². The maximum atomic E-state index is 11.1. The highest BCUT2D eigenvalue weighted by Crippen LogP contribution is 2.44. The van der Waals surface area contributed by atoms with E-state index in [0.717, 1.165) is 6.42 Å². The lowest BCUT2D eigenvalue weighted by Gasteiger charge is -2.32. The van der Waals surface area contributed by atoms with Crippen molar-refractivity contribution < 1.29 is 9.53 Å². The molecular formula is C8H13NO2. The molecule has 3 fully saturated rings. The van der Waals surface area contributed by atoms with Crippen LogP contribution in [0.25, 0.3) is 0 Å². The number of fused-ring (bicyclic) bond motifs is 1. The first-order valence-corrected chi connectivity index (χ1v) is 4.08. The third-order valence-corrected chi connectivity index (χ3v) is 3.01. The fourth-order valence-corrected chi connectivity index (χ4v) is 2.31. The molecule has 11 heavy (non-hydrogen) atoms. The van der Waals surface area contributed by atoms with Crippen LogP contribution in [0.15, 0.2) is 0 Å². The van der Waals surface area contributed by atoms with Gasteiger partial charge in [0.1, 0.15) is 0 Å². The Hall–Kier alpha value is -0.570. The summed E-state index contributed by atoms with van der Waals surface area (Å²) in [6.07, 6.45) is 1.15. The van der Waals surface area contributed by atoms with Crippen molar-refractivity contribution in [2.45, 2.75) is 25.4 Å². The quantitative estimate of drug-likeness (QED) is 0.548. The fourth-order valence-electron chi connectivity index (χ4n) is 2.31. The minimum Gasteiger partial charge on any atom is -0.469 e. The Morgan fingerprint density at radius 2 is 2.36 bits per heavy atom. The number of nitrogens with one attached hydrogen (secondary N) is 1. The summed E-state index contributed by atoms with van der Waals surface area (Å²) in [5, 5.41) is 3.36. The summed E-state index contributed by atoms with van der Waals surface area (Å²) in [5.74, 6) is 0.644. The highest BCUT2D eigenvalue weighted by atomic mass is 16.5. The van der Waals surface area contributed by atoms with Gasteiger partial charge in [0, 0.05) is 12.1 Å². The Kier molecular flexibility index (Phi) is 1.42. The van der Waals surface area contributed by atoms with Crippen LogP contribution in [0.2, 0.25) is 0 Å². The van der Waals surface area contributed by atoms with Crippen molar-refractivity contribution >= 4 is 5.97 Å². The molecule has 2 bridgehead atoms. The number of ether oxygens (including phenoxy) is 1. The molecule has 1 N–H and O–H groups in total. The van der Waals surface area contributed by atoms with E-state index in [-0.39, 0.29) is 11.9 Å². The second kappa shape index (κ2) is 2.21. The first kappa shape index (κ1) is 7.10. The van der Waals surface area contributed by atoms with E-state index in [1.807, 2.05) is 0 Å². The van der Waals surface area contributed by atoms with Gasteiger partial charge < -0.3 is 10.1 Å². The zero-order chi connectivity index (χ0) is 8.01. The Morgan fingerprint density at radius 3 is 2.73 bits per heavy atom. The summed E-state index contributed by atoms with van der Waals surface area (Å²) < 4.78 is 4.70. The Morgan fingerprint density at radius 1 is 1.64 bits per heavy atom. The molecule has 4 atom stereocenters. The summed E-state index contributed by atoms with van der Waals surface area (Å²) in [5.41, 5.74) is 0. The number of carbonyl (C=O) groups excluding carboxylic acids is 1. The largest absolute Gasteiger partial charge is 0.469 e. The topological polar surface area (TPSA) is 38.3 Å². The van der Waals surface area contributed by atoms with E-state index in [9.17, 15) is 4.79 Å². The molecule has 1 saturated carbocycles. The van der Waals surface area contributed by atoms with Gasteiger partial charge in [-0.25, -0.2) is 0 Å². The molecule has 4 unspecified atom stereocenters. The number of methoxy groups -OCH3 is 1. The molecule has 1 aliphatic carbocycles. The van der Waals surface area contributed by atoms with E-state index in [4.69, 9.17) is 4.74 Å². The average molecular weight is 155 g/mol. The number of hydrogen-bond donors (Lipinski definition) is 1. The van der Waals surface area contributed by atoms with Gasteiger partial charge >= 0.3 is 5.97 Å². The molecule has 2 aliphatic heterocycles. The van der Waals surface area contributed by atoms with E-state index in [0.29, 0.717) is 18.0 Å². The van der Waals surface area contributed by atoms with Crippen LogP contribution < -0.4 is 5.32 Å². The van der Waals surface area contributed by atoms with Crippen LogP contribution in [0, 0.1) is 11.8 Å². The highest BCUT2D eigenvalue weighted by Gasteiger charge is 2.55. The summed E-state index contributed by atoms with van der Waals surface area (Å²) >= 11 is 0. The second-order valence-electron chi connectivity index (χ2n) is 3.51. The summed E-state index contributed by atoms with van der Waals surface area (Å²) in [6.45, 7) is 2.13. The number of carbonyl (C=O) groups is 1. The van der Waals surface area contributed by atoms with E-state index >= 15 is 0 Å². The van der Waals surface area contributed by atoms with Crippen molar-refractivity contribution in [1.29, 1.82) is 0 Å². The lowest BCUT2D eigenvalue weighted by atomic mass is 9.72. The highest BCUT2D eigenvalue weighted by molar-refractivity contribution is 5.75. The number of esters is 1. The van der Waals surface area contributed by atoms with Crippen molar-refractivity contribution in [1.82, 2.24) is 5.32 Å². The number of hydrogen-bond acceptors (Lipinski definition) is 3. The van der Waals surface area contributed by atoms with Crippen molar-refractivity contribution in [2.75, 3.05) is 7.11 Å². The molecule has 3 rings (SSSR count). The van der Waals surface area contributed by atoms with Crippen molar-refractivity contribution in [2.24, 2.45) is 11.8 Å². The normalized spacial score (nSPS) is 46.7. The SMILES string of the molecule is COC(=O)C1C2CC1C(C)N2. The Bertz CT molecular complexity index is 193. The third-order valence-electron chi connectivity index (χ3n) is 3.01. The van der Waals surface area contributed by atoms with Crippen LogP contribution in [0.4, 0.5) is 0 Å². The van der Waals surface area contributed by atoms with Crippen molar-refractivity contribution in [3.8, 4) is 0 Å². The zero-order valence-corrected chi connectivity index (χ0v) is 6.83. The fraction of sp³-hybridized carbons (Fsp3) is 0.875. The molecule has 3 heteroatoms. The maximum Gasteiger partial charge on any atom is 0.310 e. The van der Waals surface area contributed by atoms with Gasteiger partial charge in [-0.05, 0) is 19.3 Å². The molecule has 2 saturated heterocycles.